The lowest BCUT2D eigenvalue weighted by atomic mass is 10.2. The number of ether oxygens (including phenoxy) is 1. The Balaban J connectivity index is 1.95. The van der Waals surface area contributed by atoms with Crippen molar-refractivity contribution >= 4 is 22.7 Å². The number of hydrogen-bond acceptors (Lipinski definition) is 7. The van der Waals surface area contributed by atoms with Crippen molar-refractivity contribution in [1.29, 1.82) is 0 Å². The van der Waals surface area contributed by atoms with E-state index in [2.05, 4.69) is 15.1 Å². The van der Waals surface area contributed by atoms with E-state index in [1.54, 1.807) is 12.1 Å². The maximum atomic E-state index is 5.89. The molecule has 2 aromatic heterocycles. The minimum absolute atomic E-state index is 0.138. The first-order valence-corrected chi connectivity index (χ1v) is 6.00. The molecule has 0 unspecified atom stereocenters. The number of rotatable bonds is 3. The summed E-state index contributed by atoms with van der Waals surface area (Å²) in [4.78, 5) is 8.08. The van der Waals surface area contributed by atoms with Gasteiger partial charge in [-0.05, 0) is 19.1 Å². The minimum atomic E-state index is 0.138. The number of nitrogens with zero attached hydrogens (tertiary/aromatic N) is 3. The molecule has 0 amide bonds. The summed E-state index contributed by atoms with van der Waals surface area (Å²) in [6, 6.07) is 7.22. The van der Waals surface area contributed by atoms with E-state index in [9.17, 15) is 0 Å². The SMILES string of the molecule is Cc1cc(COc2cccc3nc(N)nc(N)c23)no1. The predicted octanol–water partition coefficient (Wildman–Crippen LogP) is 1.67. The second-order valence-electron chi connectivity index (χ2n) is 4.33. The predicted molar refractivity (Wildman–Crippen MR) is 73.9 cm³/mol. The summed E-state index contributed by atoms with van der Waals surface area (Å²) in [6.07, 6.45) is 0. The fourth-order valence-corrected chi connectivity index (χ4v) is 1.96. The summed E-state index contributed by atoms with van der Waals surface area (Å²) in [5, 5.41) is 4.51. The maximum Gasteiger partial charge on any atom is 0.222 e. The van der Waals surface area contributed by atoms with E-state index in [4.69, 9.17) is 20.7 Å². The molecule has 0 aliphatic carbocycles. The molecule has 7 nitrogen and oxygen atoms in total. The first kappa shape index (κ1) is 12.2. The highest BCUT2D eigenvalue weighted by Gasteiger charge is 2.10. The molecule has 0 spiro atoms. The fraction of sp³-hybridized carbons (Fsp3) is 0.154. The molecule has 0 saturated heterocycles. The molecule has 102 valence electrons. The highest BCUT2D eigenvalue weighted by molar-refractivity contribution is 5.94. The van der Waals surface area contributed by atoms with Gasteiger partial charge in [0, 0.05) is 6.07 Å². The van der Waals surface area contributed by atoms with Gasteiger partial charge >= 0.3 is 0 Å². The second kappa shape index (κ2) is 4.69. The molecule has 4 N–H and O–H groups in total. The summed E-state index contributed by atoms with van der Waals surface area (Å²) < 4.78 is 10.7. The third kappa shape index (κ3) is 2.20. The zero-order chi connectivity index (χ0) is 14.1. The van der Waals surface area contributed by atoms with Crippen molar-refractivity contribution in [1.82, 2.24) is 15.1 Å². The molecule has 0 fully saturated rings. The Morgan fingerprint density at radius 3 is 2.85 bits per heavy atom. The number of aromatic nitrogens is 3. The van der Waals surface area contributed by atoms with Crippen LogP contribution in [0.3, 0.4) is 0 Å². The van der Waals surface area contributed by atoms with Crippen molar-refractivity contribution in [2.24, 2.45) is 0 Å². The molecule has 1 aromatic carbocycles. The largest absolute Gasteiger partial charge is 0.486 e. The van der Waals surface area contributed by atoms with E-state index in [1.807, 2.05) is 19.1 Å². The number of nitrogens with two attached hydrogens (primary N) is 2. The van der Waals surface area contributed by atoms with Crippen LogP contribution in [0.1, 0.15) is 11.5 Å². The fourth-order valence-electron chi connectivity index (χ4n) is 1.96. The van der Waals surface area contributed by atoms with Crippen LogP contribution in [0.5, 0.6) is 5.75 Å². The van der Waals surface area contributed by atoms with Crippen LogP contribution in [0, 0.1) is 6.92 Å². The summed E-state index contributed by atoms with van der Waals surface area (Å²) in [6.45, 7) is 2.10. The summed E-state index contributed by atoms with van der Waals surface area (Å²) in [5.74, 6) is 1.75. The number of fused-ring (bicyclic) bond motifs is 1. The third-order valence-corrected chi connectivity index (χ3v) is 2.78. The van der Waals surface area contributed by atoms with Gasteiger partial charge in [0.2, 0.25) is 5.95 Å². The van der Waals surface area contributed by atoms with Gasteiger partial charge in [-0.25, -0.2) is 4.98 Å². The second-order valence-corrected chi connectivity index (χ2v) is 4.33. The number of hydrogen-bond donors (Lipinski definition) is 2. The molecule has 7 heteroatoms. The van der Waals surface area contributed by atoms with Crippen molar-refractivity contribution in [3.05, 3.63) is 35.7 Å². The van der Waals surface area contributed by atoms with E-state index in [-0.39, 0.29) is 12.6 Å². The van der Waals surface area contributed by atoms with Gasteiger partial charge in [-0.15, -0.1) is 0 Å². The zero-order valence-corrected chi connectivity index (χ0v) is 10.8. The van der Waals surface area contributed by atoms with Crippen molar-refractivity contribution in [2.45, 2.75) is 13.5 Å². The van der Waals surface area contributed by atoms with Crippen LogP contribution in [0.15, 0.2) is 28.8 Å². The Morgan fingerprint density at radius 2 is 2.10 bits per heavy atom. The Labute approximate surface area is 114 Å². The highest BCUT2D eigenvalue weighted by Crippen LogP contribution is 2.29. The van der Waals surface area contributed by atoms with Crippen LogP contribution in [0.2, 0.25) is 0 Å². The first-order valence-electron chi connectivity index (χ1n) is 6.00. The number of anilines is 2. The van der Waals surface area contributed by atoms with Gasteiger partial charge in [-0.3, -0.25) is 0 Å². The lowest BCUT2D eigenvalue weighted by Crippen LogP contribution is -2.03. The van der Waals surface area contributed by atoms with Gasteiger partial charge in [0.15, 0.2) is 0 Å². The van der Waals surface area contributed by atoms with Crippen molar-refractivity contribution in [2.75, 3.05) is 11.5 Å². The molecule has 0 aliphatic heterocycles. The molecule has 3 aromatic rings. The molecule has 0 radical (unpaired) electrons. The molecule has 0 bridgehead atoms. The Hall–Kier alpha value is -2.83. The lowest BCUT2D eigenvalue weighted by molar-refractivity contribution is 0.291. The van der Waals surface area contributed by atoms with Crippen LogP contribution in [-0.4, -0.2) is 15.1 Å². The van der Waals surface area contributed by atoms with E-state index in [0.29, 0.717) is 28.2 Å². The maximum absolute atomic E-state index is 5.89. The minimum Gasteiger partial charge on any atom is -0.486 e. The van der Waals surface area contributed by atoms with E-state index in [0.717, 1.165) is 5.76 Å². The summed E-state index contributed by atoms with van der Waals surface area (Å²) in [5.41, 5.74) is 12.8. The van der Waals surface area contributed by atoms with E-state index in [1.165, 1.54) is 0 Å². The summed E-state index contributed by atoms with van der Waals surface area (Å²) >= 11 is 0. The third-order valence-electron chi connectivity index (χ3n) is 2.78. The number of nitrogen functional groups attached to an aromatic ring is 2. The van der Waals surface area contributed by atoms with E-state index >= 15 is 0 Å². The number of aryl methyl sites for hydroxylation is 1. The average molecular weight is 271 g/mol. The van der Waals surface area contributed by atoms with Gasteiger partial charge in [-0.2, -0.15) is 4.98 Å². The molecule has 0 saturated carbocycles. The highest BCUT2D eigenvalue weighted by atomic mass is 16.5. The Kier molecular flexibility index (Phi) is 2.86. The van der Waals surface area contributed by atoms with Crippen molar-refractivity contribution in [3.8, 4) is 5.75 Å². The van der Waals surface area contributed by atoms with Gasteiger partial charge < -0.3 is 20.7 Å². The van der Waals surface area contributed by atoms with Gasteiger partial charge in [0.1, 0.15) is 29.6 Å². The van der Waals surface area contributed by atoms with Gasteiger partial charge in [0.25, 0.3) is 0 Å². The smallest absolute Gasteiger partial charge is 0.222 e. The zero-order valence-electron chi connectivity index (χ0n) is 10.8. The van der Waals surface area contributed by atoms with Gasteiger partial charge in [-0.1, -0.05) is 11.2 Å². The van der Waals surface area contributed by atoms with Crippen LogP contribution >= 0.6 is 0 Å². The van der Waals surface area contributed by atoms with Crippen molar-refractivity contribution in [3.63, 3.8) is 0 Å². The molecule has 0 aliphatic rings. The molecule has 3 rings (SSSR count). The van der Waals surface area contributed by atoms with Crippen LogP contribution in [0.4, 0.5) is 11.8 Å². The van der Waals surface area contributed by atoms with Crippen molar-refractivity contribution < 1.29 is 9.26 Å². The molecule has 0 atom stereocenters. The molecular weight excluding hydrogens is 258 g/mol. The molecular formula is C13H13N5O2. The van der Waals surface area contributed by atoms with E-state index < -0.39 is 0 Å². The van der Waals surface area contributed by atoms with Crippen LogP contribution in [-0.2, 0) is 6.61 Å². The Morgan fingerprint density at radius 1 is 1.25 bits per heavy atom. The topological polar surface area (TPSA) is 113 Å². The lowest BCUT2D eigenvalue weighted by Gasteiger charge is -2.09. The number of benzene rings is 1. The van der Waals surface area contributed by atoms with Gasteiger partial charge in [0.05, 0.1) is 10.9 Å². The monoisotopic (exact) mass is 271 g/mol. The molecule has 2 heterocycles. The molecule has 20 heavy (non-hydrogen) atoms. The normalized spacial score (nSPS) is 10.8. The summed E-state index contributed by atoms with van der Waals surface area (Å²) in [7, 11) is 0. The standard InChI is InChI=1S/C13H13N5O2/c1-7-5-8(18-20-7)6-19-10-4-2-3-9-11(10)12(14)17-13(15)16-9/h2-5H,6H2,1H3,(H4,14,15,16,17). The van der Waals surface area contributed by atoms with Crippen LogP contribution < -0.4 is 16.2 Å². The average Bonchev–Trinajstić information content (AvgIpc) is 2.81. The first-order chi connectivity index (χ1) is 9.63. The van der Waals surface area contributed by atoms with Crippen LogP contribution in [0.25, 0.3) is 10.9 Å². The quantitative estimate of drug-likeness (QED) is 0.744. The Bertz CT molecular complexity index is 769.